The summed E-state index contributed by atoms with van der Waals surface area (Å²) in [5.41, 5.74) is 0.680. The van der Waals surface area contributed by atoms with E-state index >= 15 is 0 Å². The third kappa shape index (κ3) is 4.85. The first-order chi connectivity index (χ1) is 11.0. The predicted octanol–water partition coefficient (Wildman–Crippen LogP) is 3.27. The SMILES string of the molecule is C#CCN(Cc1ccc(F)cc1)CC(O)c1cc(F)ccc1F. The molecular formula is C18H16F3NO. The molecule has 0 fully saturated rings. The van der Waals surface area contributed by atoms with Crippen LogP contribution >= 0.6 is 0 Å². The molecule has 1 unspecified atom stereocenters. The highest BCUT2D eigenvalue weighted by Gasteiger charge is 2.17. The molecule has 23 heavy (non-hydrogen) atoms. The Balaban J connectivity index is 2.10. The van der Waals surface area contributed by atoms with E-state index in [1.165, 1.54) is 12.1 Å². The van der Waals surface area contributed by atoms with Gasteiger partial charge in [0.2, 0.25) is 0 Å². The first-order valence-corrected chi connectivity index (χ1v) is 7.03. The van der Waals surface area contributed by atoms with E-state index in [2.05, 4.69) is 5.92 Å². The standard InChI is InChI=1S/C18H16F3NO/c1-2-9-22(11-13-3-5-14(19)6-4-13)12-18(23)16-10-15(20)7-8-17(16)21/h1,3-8,10,18,23H,9,11-12H2. The number of hydrogen-bond donors (Lipinski definition) is 1. The Bertz CT molecular complexity index is 694. The topological polar surface area (TPSA) is 23.5 Å². The Labute approximate surface area is 133 Å². The molecule has 2 aromatic rings. The largest absolute Gasteiger partial charge is 0.387 e. The zero-order valence-corrected chi connectivity index (χ0v) is 12.3. The molecule has 120 valence electrons. The number of terminal acetylenes is 1. The lowest BCUT2D eigenvalue weighted by Gasteiger charge is -2.23. The molecule has 2 aromatic carbocycles. The molecule has 2 rings (SSSR count). The van der Waals surface area contributed by atoms with Crippen LogP contribution in [0.2, 0.25) is 0 Å². The predicted molar refractivity (Wildman–Crippen MR) is 81.8 cm³/mol. The van der Waals surface area contributed by atoms with Crippen LogP contribution in [0, 0.1) is 29.8 Å². The van der Waals surface area contributed by atoms with E-state index in [4.69, 9.17) is 6.42 Å². The highest BCUT2D eigenvalue weighted by molar-refractivity contribution is 5.22. The van der Waals surface area contributed by atoms with Gasteiger partial charge in [-0.15, -0.1) is 6.42 Å². The van der Waals surface area contributed by atoms with Gasteiger partial charge in [0.1, 0.15) is 17.5 Å². The zero-order valence-electron chi connectivity index (χ0n) is 12.3. The quantitative estimate of drug-likeness (QED) is 0.826. The van der Waals surface area contributed by atoms with Gasteiger partial charge in [-0.05, 0) is 35.9 Å². The maximum absolute atomic E-state index is 13.7. The van der Waals surface area contributed by atoms with Gasteiger partial charge < -0.3 is 5.11 Å². The minimum Gasteiger partial charge on any atom is -0.387 e. The van der Waals surface area contributed by atoms with Crippen LogP contribution in [0.3, 0.4) is 0 Å². The molecule has 0 saturated heterocycles. The van der Waals surface area contributed by atoms with Crippen molar-refractivity contribution in [1.29, 1.82) is 0 Å². The number of hydrogen-bond acceptors (Lipinski definition) is 2. The molecule has 0 bridgehead atoms. The zero-order chi connectivity index (χ0) is 16.8. The number of aliphatic hydroxyl groups excluding tert-OH is 1. The molecule has 0 aliphatic heterocycles. The van der Waals surface area contributed by atoms with Gasteiger partial charge in [-0.25, -0.2) is 13.2 Å². The number of halogens is 3. The van der Waals surface area contributed by atoms with Gasteiger partial charge in [0, 0.05) is 18.7 Å². The summed E-state index contributed by atoms with van der Waals surface area (Å²) in [6, 6.07) is 8.79. The first-order valence-electron chi connectivity index (χ1n) is 7.03. The van der Waals surface area contributed by atoms with Crippen molar-refractivity contribution >= 4 is 0 Å². The Morgan fingerprint density at radius 1 is 1.04 bits per heavy atom. The van der Waals surface area contributed by atoms with Crippen molar-refractivity contribution in [2.45, 2.75) is 12.6 Å². The molecule has 0 aromatic heterocycles. The molecule has 0 saturated carbocycles. The normalized spacial score (nSPS) is 12.2. The lowest BCUT2D eigenvalue weighted by molar-refractivity contribution is 0.113. The van der Waals surface area contributed by atoms with E-state index in [0.717, 1.165) is 23.8 Å². The van der Waals surface area contributed by atoms with Crippen molar-refractivity contribution in [3.63, 3.8) is 0 Å². The van der Waals surface area contributed by atoms with Gasteiger partial charge >= 0.3 is 0 Å². The summed E-state index contributed by atoms with van der Waals surface area (Å²) in [6.45, 7) is 0.603. The molecule has 0 amide bonds. The van der Waals surface area contributed by atoms with Crippen LogP contribution in [0.15, 0.2) is 42.5 Å². The van der Waals surface area contributed by atoms with Crippen LogP contribution in [0.1, 0.15) is 17.2 Å². The van der Waals surface area contributed by atoms with Crippen molar-refractivity contribution in [3.05, 3.63) is 71.0 Å². The summed E-state index contributed by atoms with van der Waals surface area (Å²) in [7, 11) is 0. The van der Waals surface area contributed by atoms with E-state index in [1.54, 1.807) is 17.0 Å². The van der Waals surface area contributed by atoms with E-state index in [0.29, 0.717) is 6.54 Å². The van der Waals surface area contributed by atoms with Crippen molar-refractivity contribution in [2.75, 3.05) is 13.1 Å². The van der Waals surface area contributed by atoms with Crippen LogP contribution in [-0.4, -0.2) is 23.1 Å². The van der Waals surface area contributed by atoms with Gasteiger partial charge in [-0.2, -0.15) is 0 Å². The molecule has 0 aliphatic carbocycles. The number of benzene rings is 2. The fourth-order valence-corrected chi connectivity index (χ4v) is 2.28. The summed E-state index contributed by atoms with van der Waals surface area (Å²) in [5, 5.41) is 10.2. The van der Waals surface area contributed by atoms with E-state index in [1.807, 2.05) is 0 Å². The maximum atomic E-state index is 13.7. The highest BCUT2D eigenvalue weighted by atomic mass is 19.1. The molecule has 1 atom stereocenters. The fourth-order valence-electron chi connectivity index (χ4n) is 2.28. The summed E-state index contributed by atoms with van der Waals surface area (Å²) >= 11 is 0. The van der Waals surface area contributed by atoms with E-state index < -0.39 is 17.7 Å². The molecule has 0 radical (unpaired) electrons. The van der Waals surface area contributed by atoms with Crippen LogP contribution in [-0.2, 0) is 6.54 Å². The maximum Gasteiger partial charge on any atom is 0.129 e. The number of nitrogens with zero attached hydrogens (tertiary/aromatic N) is 1. The third-order valence-electron chi connectivity index (χ3n) is 3.38. The molecule has 0 heterocycles. The van der Waals surface area contributed by atoms with E-state index in [-0.39, 0.29) is 24.5 Å². The van der Waals surface area contributed by atoms with Crippen molar-refractivity contribution in [2.24, 2.45) is 0 Å². The van der Waals surface area contributed by atoms with Gasteiger partial charge in [0.05, 0.1) is 12.6 Å². The summed E-state index contributed by atoms with van der Waals surface area (Å²) in [6.07, 6.45) is 4.09. The Kier molecular flexibility index (Phi) is 5.80. The summed E-state index contributed by atoms with van der Waals surface area (Å²) < 4.78 is 39.8. The van der Waals surface area contributed by atoms with Crippen LogP contribution in [0.25, 0.3) is 0 Å². The molecular weight excluding hydrogens is 303 g/mol. The Morgan fingerprint density at radius 3 is 2.35 bits per heavy atom. The Hall–Kier alpha value is -2.29. The lowest BCUT2D eigenvalue weighted by Crippen LogP contribution is -2.29. The number of aliphatic hydroxyl groups is 1. The van der Waals surface area contributed by atoms with Gasteiger partial charge in [0.15, 0.2) is 0 Å². The summed E-state index contributed by atoms with van der Waals surface area (Å²) in [5.74, 6) is 0.805. The molecule has 5 heteroatoms. The molecule has 1 N–H and O–H groups in total. The average molecular weight is 319 g/mol. The minimum absolute atomic E-state index is 0.0297. The smallest absolute Gasteiger partial charge is 0.129 e. The van der Waals surface area contributed by atoms with Gasteiger partial charge in [-0.1, -0.05) is 18.1 Å². The monoisotopic (exact) mass is 319 g/mol. The van der Waals surface area contributed by atoms with Crippen molar-refractivity contribution < 1.29 is 18.3 Å². The number of rotatable bonds is 6. The van der Waals surface area contributed by atoms with Crippen LogP contribution < -0.4 is 0 Å². The second-order valence-corrected chi connectivity index (χ2v) is 5.18. The van der Waals surface area contributed by atoms with Crippen molar-refractivity contribution in [1.82, 2.24) is 4.90 Å². The Morgan fingerprint density at radius 2 is 1.70 bits per heavy atom. The summed E-state index contributed by atoms with van der Waals surface area (Å²) in [4.78, 5) is 1.70. The second kappa shape index (κ2) is 7.82. The molecule has 2 nitrogen and oxygen atoms in total. The van der Waals surface area contributed by atoms with Crippen molar-refractivity contribution in [3.8, 4) is 12.3 Å². The van der Waals surface area contributed by atoms with E-state index in [9.17, 15) is 18.3 Å². The molecule has 0 aliphatic rings. The highest BCUT2D eigenvalue weighted by Crippen LogP contribution is 2.20. The van der Waals surface area contributed by atoms with Crippen LogP contribution in [0.5, 0.6) is 0 Å². The van der Waals surface area contributed by atoms with Crippen LogP contribution in [0.4, 0.5) is 13.2 Å². The lowest BCUT2D eigenvalue weighted by atomic mass is 10.1. The fraction of sp³-hybridized carbons (Fsp3) is 0.222. The first kappa shape index (κ1) is 17.1. The second-order valence-electron chi connectivity index (χ2n) is 5.18. The van der Waals surface area contributed by atoms with Gasteiger partial charge in [-0.3, -0.25) is 4.90 Å². The average Bonchev–Trinajstić information content (AvgIpc) is 2.52. The third-order valence-corrected chi connectivity index (χ3v) is 3.38. The molecule has 0 spiro atoms. The van der Waals surface area contributed by atoms with Gasteiger partial charge in [0.25, 0.3) is 0 Å². The minimum atomic E-state index is -1.22.